The summed E-state index contributed by atoms with van der Waals surface area (Å²) in [4.78, 5) is 0. The Labute approximate surface area is 85.6 Å². The number of nitriles is 1. The van der Waals surface area contributed by atoms with Crippen LogP contribution >= 0.6 is 0 Å². The summed E-state index contributed by atoms with van der Waals surface area (Å²) in [5, 5.41) is 8.43. The lowest BCUT2D eigenvalue weighted by atomic mass is 10.3. The van der Waals surface area contributed by atoms with Gasteiger partial charge in [-0.05, 0) is 32.6 Å². The van der Waals surface area contributed by atoms with Gasteiger partial charge in [0.2, 0.25) is 10.0 Å². The quantitative estimate of drug-likeness (QED) is 0.687. The van der Waals surface area contributed by atoms with Crippen LogP contribution in [0.25, 0.3) is 0 Å². The van der Waals surface area contributed by atoms with E-state index < -0.39 is 15.8 Å². The molecule has 5 heteroatoms. The van der Waals surface area contributed by atoms with E-state index in [1.807, 2.05) is 13.8 Å². The normalized spacial score (nSPS) is 17.4. The van der Waals surface area contributed by atoms with Crippen LogP contribution in [0.5, 0.6) is 0 Å². The van der Waals surface area contributed by atoms with E-state index in [4.69, 9.17) is 5.26 Å². The average molecular weight is 216 g/mol. The van der Waals surface area contributed by atoms with Crippen LogP contribution in [0.4, 0.5) is 0 Å². The van der Waals surface area contributed by atoms with E-state index in [9.17, 15) is 8.42 Å². The molecule has 1 fully saturated rings. The number of nitrogens with zero attached hydrogens (tertiary/aromatic N) is 2. The highest BCUT2D eigenvalue weighted by molar-refractivity contribution is 7.89. The molecule has 4 nitrogen and oxygen atoms in total. The molecule has 0 N–H and O–H groups in total. The molecule has 0 saturated heterocycles. The molecular weight excluding hydrogens is 200 g/mol. The highest BCUT2D eigenvalue weighted by Gasteiger charge is 2.31. The lowest BCUT2D eigenvalue weighted by Gasteiger charge is -2.24. The smallest absolute Gasteiger partial charge is 0.211 e. The summed E-state index contributed by atoms with van der Waals surface area (Å²) >= 11 is 0. The summed E-state index contributed by atoms with van der Waals surface area (Å²) in [5.41, 5.74) is 0. The first-order valence-electron chi connectivity index (χ1n) is 4.84. The van der Waals surface area contributed by atoms with Crippen LogP contribution < -0.4 is 0 Å². The Morgan fingerprint density at radius 1 is 1.50 bits per heavy atom. The molecule has 0 aromatic rings. The standard InChI is InChI=1S/C9H16N2O2S/c1-8(2)11(7-9-3-4-9)14(12,13)6-5-10/h8-9H,3-4,6-7H2,1-2H3. The third-order valence-corrected chi connectivity index (χ3v) is 4.09. The summed E-state index contributed by atoms with van der Waals surface area (Å²) in [6.07, 6.45) is 2.23. The third-order valence-electron chi connectivity index (χ3n) is 2.32. The van der Waals surface area contributed by atoms with E-state index in [1.54, 1.807) is 6.07 Å². The molecule has 0 atom stereocenters. The van der Waals surface area contributed by atoms with Gasteiger partial charge in [-0.1, -0.05) is 0 Å². The van der Waals surface area contributed by atoms with Crippen molar-refractivity contribution >= 4 is 10.0 Å². The molecule has 0 heterocycles. The first-order valence-corrected chi connectivity index (χ1v) is 6.44. The van der Waals surface area contributed by atoms with Gasteiger partial charge in [0, 0.05) is 12.6 Å². The van der Waals surface area contributed by atoms with Gasteiger partial charge in [0.15, 0.2) is 5.75 Å². The SMILES string of the molecule is CC(C)N(CC1CC1)S(=O)(=O)CC#N. The van der Waals surface area contributed by atoms with E-state index in [1.165, 1.54) is 4.31 Å². The molecule has 0 spiro atoms. The zero-order valence-electron chi connectivity index (χ0n) is 8.60. The highest BCUT2D eigenvalue weighted by Crippen LogP contribution is 2.31. The number of hydrogen-bond donors (Lipinski definition) is 0. The minimum atomic E-state index is -3.35. The second-order valence-corrected chi connectivity index (χ2v) is 5.94. The summed E-state index contributed by atoms with van der Waals surface area (Å²) in [7, 11) is -3.35. The van der Waals surface area contributed by atoms with Gasteiger partial charge < -0.3 is 0 Å². The van der Waals surface area contributed by atoms with Crippen LogP contribution in [-0.2, 0) is 10.0 Å². The molecule has 14 heavy (non-hydrogen) atoms. The lowest BCUT2D eigenvalue weighted by Crippen LogP contribution is -2.39. The average Bonchev–Trinajstić information content (AvgIpc) is 2.81. The Kier molecular flexibility index (Phi) is 3.51. The Balaban J connectivity index is 2.70. The minimum Gasteiger partial charge on any atom is -0.211 e. The van der Waals surface area contributed by atoms with Crippen LogP contribution in [0.2, 0.25) is 0 Å². The third kappa shape index (κ3) is 2.96. The molecule has 0 radical (unpaired) electrons. The predicted octanol–water partition coefficient (Wildman–Crippen LogP) is 0.960. The van der Waals surface area contributed by atoms with Crippen LogP contribution in [0.1, 0.15) is 26.7 Å². The molecule has 1 aliphatic carbocycles. The molecule has 1 saturated carbocycles. The Morgan fingerprint density at radius 2 is 2.07 bits per heavy atom. The molecule has 0 aromatic carbocycles. The predicted molar refractivity (Wildman–Crippen MR) is 54.0 cm³/mol. The summed E-state index contributed by atoms with van der Waals surface area (Å²) in [6.45, 7) is 4.27. The van der Waals surface area contributed by atoms with Crippen LogP contribution in [0, 0.1) is 17.2 Å². The largest absolute Gasteiger partial charge is 0.227 e. The number of sulfonamides is 1. The maximum atomic E-state index is 11.6. The molecule has 0 aromatic heterocycles. The van der Waals surface area contributed by atoms with E-state index in [2.05, 4.69) is 0 Å². The van der Waals surface area contributed by atoms with Crippen molar-refractivity contribution in [3.8, 4) is 6.07 Å². The van der Waals surface area contributed by atoms with Gasteiger partial charge in [-0.3, -0.25) is 0 Å². The topological polar surface area (TPSA) is 61.2 Å². The number of hydrogen-bond acceptors (Lipinski definition) is 3. The number of rotatable bonds is 5. The van der Waals surface area contributed by atoms with Crippen LogP contribution in [0.3, 0.4) is 0 Å². The van der Waals surface area contributed by atoms with Gasteiger partial charge in [0.05, 0.1) is 6.07 Å². The van der Waals surface area contributed by atoms with Gasteiger partial charge in [-0.2, -0.15) is 9.57 Å². The molecular formula is C9H16N2O2S. The maximum absolute atomic E-state index is 11.6. The van der Waals surface area contributed by atoms with Crippen LogP contribution in [0.15, 0.2) is 0 Å². The molecule has 80 valence electrons. The first kappa shape index (κ1) is 11.5. The van der Waals surface area contributed by atoms with Crippen molar-refractivity contribution in [3.63, 3.8) is 0 Å². The fourth-order valence-corrected chi connectivity index (χ4v) is 2.77. The van der Waals surface area contributed by atoms with Gasteiger partial charge >= 0.3 is 0 Å². The van der Waals surface area contributed by atoms with Crippen LogP contribution in [-0.4, -0.2) is 31.1 Å². The summed E-state index contributed by atoms with van der Waals surface area (Å²) in [5.74, 6) is 0.114. The Bertz CT molecular complexity index is 325. The van der Waals surface area contributed by atoms with Crippen molar-refractivity contribution in [2.75, 3.05) is 12.3 Å². The van der Waals surface area contributed by atoms with Gasteiger partial charge in [-0.15, -0.1) is 0 Å². The summed E-state index contributed by atoms with van der Waals surface area (Å²) in [6, 6.07) is 1.66. The molecule has 0 aliphatic heterocycles. The summed E-state index contributed by atoms with van der Waals surface area (Å²) < 4.78 is 24.7. The van der Waals surface area contributed by atoms with Gasteiger partial charge in [-0.25, -0.2) is 8.42 Å². The van der Waals surface area contributed by atoms with Crippen molar-refractivity contribution in [3.05, 3.63) is 0 Å². The molecule has 0 unspecified atom stereocenters. The Morgan fingerprint density at radius 3 is 2.43 bits per heavy atom. The highest BCUT2D eigenvalue weighted by atomic mass is 32.2. The minimum absolute atomic E-state index is 0.0473. The van der Waals surface area contributed by atoms with Crippen molar-refractivity contribution < 1.29 is 8.42 Å². The van der Waals surface area contributed by atoms with Gasteiger partial charge in [0.1, 0.15) is 0 Å². The molecule has 1 rings (SSSR count). The maximum Gasteiger partial charge on any atom is 0.227 e. The molecule has 0 bridgehead atoms. The zero-order valence-corrected chi connectivity index (χ0v) is 9.42. The van der Waals surface area contributed by atoms with E-state index in [0.717, 1.165) is 12.8 Å². The zero-order chi connectivity index (χ0) is 10.8. The molecule has 0 amide bonds. The van der Waals surface area contributed by atoms with Crippen molar-refractivity contribution in [1.29, 1.82) is 5.26 Å². The molecule has 1 aliphatic rings. The van der Waals surface area contributed by atoms with E-state index >= 15 is 0 Å². The fourth-order valence-electron chi connectivity index (χ4n) is 1.36. The van der Waals surface area contributed by atoms with Crippen molar-refractivity contribution in [1.82, 2.24) is 4.31 Å². The Hall–Kier alpha value is -0.600. The monoisotopic (exact) mass is 216 g/mol. The van der Waals surface area contributed by atoms with Crippen molar-refractivity contribution in [2.45, 2.75) is 32.7 Å². The van der Waals surface area contributed by atoms with E-state index in [0.29, 0.717) is 12.5 Å². The van der Waals surface area contributed by atoms with Gasteiger partial charge in [0.25, 0.3) is 0 Å². The van der Waals surface area contributed by atoms with Crippen molar-refractivity contribution in [2.24, 2.45) is 5.92 Å². The fraction of sp³-hybridized carbons (Fsp3) is 0.889. The second kappa shape index (κ2) is 4.28. The lowest BCUT2D eigenvalue weighted by molar-refractivity contribution is 0.343. The van der Waals surface area contributed by atoms with E-state index in [-0.39, 0.29) is 6.04 Å². The first-order chi connectivity index (χ1) is 6.47. The second-order valence-electron chi connectivity index (χ2n) is 4.02.